The Bertz CT molecular complexity index is 607. The maximum atomic E-state index is 13.9. The molecule has 0 aliphatic rings. The Balaban J connectivity index is 3.09. The summed E-state index contributed by atoms with van der Waals surface area (Å²) < 4.78 is 39.9. The molecule has 0 spiro atoms. The Morgan fingerprint density at radius 2 is 2.05 bits per heavy atom. The molecule has 0 radical (unpaired) electrons. The SMILES string of the molecule is CNCCCNS(=O)(=O)c1cc(Cl)cc(C(=O)O)c1F. The van der Waals surface area contributed by atoms with Gasteiger partial charge in [0.1, 0.15) is 4.90 Å². The van der Waals surface area contributed by atoms with Crippen LogP contribution in [0, 0.1) is 5.82 Å². The van der Waals surface area contributed by atoms with E-state index in [4.69, 9.17) is 16.7 Å². The number of hydrogen-bond donors (Lipinski definition) is 3. The van der Waals surface area contributed by atoms with Crippen molar-refractivity contribution in [3.8, 4) is 0 Å². The summed E-state index contributed by atoms with van der Waals surface area (Å²) in [4.78, 5) is 10.1. The van der Waals surface area contributed by atoms with Crippen LogP contribution in [0.2, 0.25) is 5.02 Å². The number of halogens is 2. The quantitative estimate of drug-likeness (QED) is 0.652. The van der Waals surface area contributed by atoms with Crippen LogP contribution in [0.4, 0.5) is 4.39 Å². The lowest BCUT2D eigenvalue weighted by molar-refractivity contribution is 0.0691. The third-order valence-electron chi connectivity index (χ3n) is 2.42. The number of aromatic carboxylic acids is 1. The molecule has 1 aromatic rings. The number of nitrogens with one attached hydrogen (secondary N) is 2. The number of carbonyl (C=O) groups is 1. The topological polar surface area (TPSA) is 95.5 Å². The molecule has 0 fully saturated rings. The molecule has 3 N–H and O–H groups in total. The van der Waals surface area contributed by atoms with Gasteiger partial charge in [0.2, 0.25) is 10.0 Å². The largest absolute Gasteiger partial charge is 0.478 e. The van der Waals surface area contributed by atoms with Crippen molar-refractivity contribution in [2.75, 3.05) is 20.1 Å². The molecule has 0 aromatic heterocycles. The number of carboxylic acid groups (broad SMARTS) is 1. The van der Waals surface area contributed by atoms with E-state index in [2.05, 4.69) is 10.0 Å². The zero-order valence-corrected chi connectivity index (χ0v) is 12.2. The Hall–Kier alpha value is -1.22. The highest BCUT2D eigenvalue weighted by molar-refractivity contribution is 7.89. The highest BCUT2D eigenvalue weighted by Crippen LogP contribution is 2.23. The summed E-state index contributed by atoms with van der Waals surface area (Å²) >= 11 is 5.62. The fraction of sp³-hybridized carbons (Fsp3) is 0.364. The Kier molecular flexibility index (Phi) is 5.88. The third-order valence-corrected chi connectivity index (χ3v) is 4.10. The van der Waals surface area contributed by atoms with Crippen molar-refractivity contribution in [1.82, 2.24) is 10.0 Å². The van der Waals surface area contributed by atoms with Crippen LogP contribution >= 0.6 is 11.6 Å². The standard InChI is InChI=1S/C11H14ClFN2O4S/c1-14-3-2-4-15-20(18,19)9-6-7(12)5-8(10(9)13)11(16)17/h5-6,14-15H,2-4H2,1H3,(H,16,17). The molecule has 0 saturated heterocycles. The molecule has 112 valence electrons. The van der Waals surface area contributed by atoms with Crippen LogP contribution in [0.25, 0.3) is 0 Å². The summed E-state index contributed by atoms with van der Waals surface area (Å²) in [6.45, 7) is 0.679. The molecule has 0 amide bonds. The first kappa shape index (κ1) is 16.8. The van der Waals surface area contributed by atoms with Gasteiger partial charge in [-0.2, -0.15) is 0 Å². The number of hydrogen-bond acceptors (Lipinski definition) is 4. The minimum atomic E-state index is -4.15. The van der Waals surface area contributed by atoms with Crippen molar-refractivity contribution in [3.63, 3.8) is 0 Å². The summed E-state index contributed by atoms with van der Waals surface area (Å²) in [7, 11) is -2.44. The third kappa shape index (κ3) is 4.14. The first-order chi connectivity index (χ1) is 9.29. The summed E-state index contributed by atoms with van der Waals surface area (Å²) in [6.07, 6.45) is 0.504. The summed E-state index contributed by atoms with van der Waals surface area (Å²) in [5.74, 6) is -2.92. The van der Waals surface area contributed by atoms with Crippen LogP contribution in [-0.4, -0.2) is 39.6 Å². The predicted molar refractivity (Wildman–Crippen MR) is 72.1 cm³/mol. The lowest BCUT2D eigenvalue weighted by Gasteiger charge is -2.09. The van der Waals surface area contributed by atoms with Crippen LogP contribution in [-0.2, 0) is 10.0 Å². The van der Waals surface area contributed by atoms with Crippen LogP contribution in [0.15, 0.2) is 17.0 Å². The molecule has 0 bridgehead atoms. The van der Waals surface area contributed by atoms with Crippen molar-refractivity contribution in [2.45, 2.75) is 11.3 Å². The average molecular weight is 325 g/mol. The summed E-state index contributed by atoms with van der Waals surface area (Å²) in [5, 5.41) is 11.5. The van der Waals surface area contributed by atoms with Gasteiger partial charge < -0.3 is 10.4 Å². The molecular formula is C11H14ClFN2O4S. The predicted octanol–water partition coefficient (Wildman–Crippen LogP) is 1.07. The second kappa shape index (κ2) is 6.98. The van der Waals surface area contributed by atoms with E-state index >= 15 is 0 Å². The van der Waals surface area contributed by atoms with E-state index in [0.717, 1.165) is 12.1 Å². The van der Waals surface area contributed by atoms with E-state index in [1.165, 1.54) is 0 Å². The fourth-order valence-electron chi connectivity index (χ4n) is 1.46. The van der Waals surface area contributed by atoms with E-state index < -0.39 is 32.3 Å². The second-order valence-corrected chi connectivity index (χ2v) is 6.10. The Morgan fingerprint density at radius 1 is 1.40 bits per heavy atom. The molecule has 9 heteroatoms. The van der Waals surface area contributed by atoms with Gasteiger partial charge >= 0.3 is 5.97 Å². The number of rotatable bonds is 7. The molecule has 0 saturated carbocycles. The van der Waals surface area contributed by atoms with Crippen molar-refractivity contribution in [2.24, 2.45) is 0 Å². The monoisotopic (exact) mass is 324 g/mol. The minimum Gasteiger partial charge on any atom is -0.478 e. The average Bonchev–Trinajstić information content (AvgIpc) is 2.36. The first-order valence-electron chi connectivity index (χ1n) is 5.66. The molecule has 0 unspecified atom stereocenters. The van der Waals surface area contributed by atoms with E-state index in [-0.39, 0.29) is 11.6 Å². The fourth-order valence-corrected chi connectivity index (χ4v) is 2.94. The highest BCUT2D eigenvalue weighted by Gasteiger charge is 2.24. The smallest absolute Gasteiger partial charge is 0.338 e. The zero-order chi connectivity index (χ0) is 15.3. The van der Waals surface area contributed by atoms with Gasteiger partial charge in [-0.25, -0.2) is 22.3 Å². The van der Waals surface area contributed by atoms with Crippen molar-refractivity contribution >= 4 is 27.6 Å². The number of benzene rings is 1. The Labute approximate surface area is 121 Å². The normalized spacial score (nSPS) is 11.6. The van der Waals surface area contributed by atoms with Crippen LogP contribution < -0.4 is 10.0 Å². The van der Waals surface area contributed by atoms with Crippen LogP contribution in [0.5, 0.6) is 0 Å². The lowest BCUT2D eigenvalue weighted by Crippen LogP contribution is -2.28. The van der Waals surface area contributed by atoms with Gasteiger partial charge in [0.05, 0.1) is 5.56 Å². The van der Waals surface area contributed by atoms with Gasteiger partial charge in [-0.1, -0.05) is 11.6 Å². The van der Waals surface area contributed by atoms with Gasteiger partial charge in [-0.05, 0) is 32.1 Å². The van der Waals surface area contributed by atoms with Crippen molar-refractivity contribution in [1.29, 1.82) is 0 Å². The van der Waals surface area contributed by atoms with Gasteiger partial charge in [0.25, 0.3) is 0 Å². The van der Waals surface area contributed by atoms with Crippen LogP contribution in [0.1, 0.15) is 16.8 Å². The van der Waals surface area contributed by atoms with Gasteiger partial charge in [-0.15, -0.1) is 0 Å². The molecule has 6 nitrogen and oxygen atoms in total. The molecular weight excluding hydrogens is 311 g/mol. The van der Waals surface area contributed by atoms with Gasteiger partial charge in [0.15, 0.2) is 5.82 Å². The van der Waals surface area contributed by atoms with E-state index in [0.29, 0.717) is 13.0 Å². The molecule has 20 heavy (non-hydrogen) atoms. The van der Waals surface area contributed by atoms with E-state index in [1.54, 1.807) is 7.05 Å². The maximum absolute atomic E-state index is 13.9. The molecule has 1 rings (SSSR count). The van der Waals surface area contributed by atoms with Crippen molar-refractivity contribution < 1.29 is 22.7 Å². The van der Waals surface area contributed by atoms with Gasteiger partial charge in [0, 0.05) is 11.6 Å². The first-order valence-corrected chi connectivity index (χ1v) is 7.52. The number of carboxylic acids is 1. The lowest BCUT2D eigenvalue weighted by atomic mass is 10.2. The molecule has 0 atom stereocenters. The second-order valence-electron chi connectivity index (χ2n) is 3.93. The summed E-state index contributed by atoms with van der Waals surface area (Å²) in [6, 6.07) is 1.74. The zero-order valence-electron chi connectivity index (χ0n) is 10.6. The molecule has 1 aromatic carbocycles. The maximum Gasteiger partial charge on any atom is 0.338 e. The van der Waals surface area contributed by atoms with Gasteiger partial charge in [-0.3, -0.25) is 0 Å². The molecule has 0 heterocycles. The molecule has 0 aliphatic heterocycles. The van der Waals surface area contributed by atoms with Crippen molar-refractivity contribution in [3.05, 3.63) is 28.5 Å². The minimum absolute atomic E-state index is 0.0948. The molecule has 0 aliphatic carbocycles. The van der Waals surface area contributed by atoms with E-state index in [1.807, 2.05) is 0 Å². The van der Waals surface area contributed by atoms with Crippen LogP contribution in [0.3, 0.4) is 0 Å². The summed E-state index contributed by atoms with van der Waals surface area (Å²) in [5.41, 5.74) is -0.784. The number of sulfonamides is 1. The van der Waals surface area contributed by atoms with E-state index in [9.17, 15) is 17.6 Å². The highest BCUT2D eigenvalue weighted by atomic mass is 35.5. The Morgan fingerprint density at radius 3 is 2.60 bits per heavy atom.